The summed E-state index contributed by atoms with van der Waals surface area (Å²) in [4.78, 5) is 39.5. The van der Waals surface area contributed by atoms with Gasteiger partial charge in [-0.2, -0.15) is 0 Å². The molecule has 1 aromatic carbocycles. The van der Waals surface area contributed by atoms with Gasteiger partial charge in [0, 0.05) is 19.6 Å². The maximum atomic E-state index is 12.4. The van der Waals surface area contributed by atoms with Gasteiger partial charge in [-0.25, -0.2) is 0 Å². The van der Waals surface area contributed by atoms with Gasteiger partial charge in [-0.3, -0.25) is 14.4 Å². The summed E-state index contributed by atoms with van der Waals surface area (Å²) < 4.78 is 5.14. The van der Waals surface area contributed by atoms with E-state index in [0.29, 0.717) is 25.4 Å². The summed E-state index contributed by atoms with van der Waals surface area (Å²) in [7, 11) is 0. The lowest BCUT2D eigenvalue weighted by Crippen LogP contribution is -2.55. The molecule has 0 aliphatic carbocycles. The van der Waals surface area contributed by atoms with E-state index in [9.17, 15) is 14.4 Å². The molecule has 3 amide bonds. The molecule has 26 heavy (non-hydrogen) atoms. The summed E-state index contributed by atoms with van der Waals surface area (Å²) in [5.74, 6) is -0.907. The van der Waals surface area contributed by atoms with Crippen molar-refractivity contribution in [2.45, 2.75) is 20.0 Å². The number of carbonyl (C=O) groups excluding carboxylic acids is 3. The van der Waals surface area contributed by atoms with Crippen LogP contribution in [0.2, 0.25) is 0 Å². The summed E-state index contributed by atoms with van der Waals surface area (Å²) >= 11 is 0. The summed E-state index contributed by atoms with van der Waals surface area (Å²) in [5.41, 5.74) is 2.09. The summed E-state index contributed by atoms with van der Waals surface area (Å²) in [6.07, 6.45) is 1.53. The number of rotatable bonds is 6. The molecule has 0 unspecified atom stereocenters. The number of piperazine rings is 1. The van der Waals surface area contributed by atoms with Gasteiger partial charge in [0.2, 0.25) is 5.91 Å². The number of aryl methyl sites for hydroxylation is 1. The molecule has 1 fully saturated rings. The molecule has 1 N–H and O–H groups in total. The molecule has 2 aromatic rings. The zero-order valence-electron chi connectivity index (χ0n) is 14.6. The SMILES string of the molecule is Cc1ccccc1CN1CCN(CC(=O)NCc2ccco2)C(=O)C1=O. The highest BCUT2D eigenvalue weighted by Crippen LogP contribution is 2.14. The van der Waals surface area contributed by atoms with E-state index in [4.69, 9.17) is 4.42 Å². The second kappa shape index (κ2) is 7.86. The van der Waals surface area contributed by atoms with E-state index >= 15 is 0 Å². The highest BCUT2D eigenvalue weighted by molar-refractivity contribution is 6.35. The minimum atomic E-state index is -0.641. The molecule has 136 valence electrons. The Labute approximate surface area is 151 Å². The van der Waals surface area contributed by atoms with E-state index in [-0.39, 0.29) is 19.0 Å². The number of hydrogen-bond donors (Lipinski definition) is 1. The lowest BCUT2D eigenvalue weighted by atomic mass is 10.1. The van der Waals surface area contributed by atoms with Crippen molar-refractivity contribution < 1.29 is 18.8 Å². The Morgan fingerprint density at radius 2 is 1.81 bits per heavy atom. The van der Waals surface area contributed by atoms with Crippen molar-refractivity contribution in [1.82, 2.24) is 15.1 Å². The van der Waals surface area contributed by atoms with Gasteiger partial charge in [0.1, 0.15) is 12.3 Å². The molecule has 7 nitrogen and oxygen atoms in total. The van der Waals surface area contributed by atoms with Crippen LogP contribution in [0.4, 0.5) is 0 Å². The van der Waals surface area contributed by atoms with E-state index in [1.807, 2.05) is 31.2 Å². The standard InChI is InChI=1S/C19H21N3O4/c1-14-5-2-3-6-15(14)12-21-8-9-22(19(25)18(21)24)13-17(23)20-11-16-7-4-10-26-16/h2-7,10H,8-9,11-13H2,1H3,(H,20,23). The third kappa shape index (κ3) is 4.11. The highest BCUT2D eigenvalue weighted by Gasteiger charge is 2.33. The summed E-state index contributed by atoms with van der Waals surface area (Å²) in [6.45, 7) is 3.23. The molecule has 7 heteroatoms. The van der Waals surface area contributed by atoms with Crippen molar-refractivity contribution in [2.24, 2.45) is 0 Å². The van der Waals surface area contributed by atoms with Crippen LogP contribution in [0.5, 0.6) is 0 Å². The minimum absolute atomic E-state index is 0.135. The number of nitrogens with zero attached hydrogens (tertiary/aromatic N) is 2. The van der Waals surface area contributed by atoms with E-state index < -0.39 is 11.8 Å². The zero-order chi connectivity index (χ0) is 18.5. The van der Waals surface area contributed by atoms with Crippen LogP contribution in [-0.2, 0) is 27.5 Å². The van der Waals surface area contributed by atoms with E-state index in [1.165, 1.54) is 16.1 Å². The average Bonchev–Trinajstić information content (AvgIpc) is 3.15. The first-order valence-electron chi connectivity index (χ1n) is 8.46. The number of benzene rings is 1. The predicted octanol–water partition coefficient (Wildman–Crippen LogP) is 1.08. The normalized spacial score (nSPS) is 14.7. The van der Waals surface area contributed by atoms with Gasteiger partial charge < -0.3 is 19.5 Å². The van der Waals surface area contributed by atoms with Crippen LogP contribution in [0.1, 0.15) is 16.9 Å². The topological polar surface area (TPSA) is 82.9 Å². The lowest BCUT2D eigenvalue weighted by molar-refractivity contribution is -0.157. The molecule has 1 aliphatic rings. The predicted molar refractivity (Wildman–Crippen MR) is 93.7 cm³/mol. The van der Waals surface area contributed by atoms with Gasteiger partial charge in [-0.15, -0.1) is 0 Å². The van der Waals surface area contributed by atoms with Gasteiger partial charge >= 0.3 is 11.8 Å². The number of furan rings is 1. The molecule has 0 radical (unpaired) electrons. The van der Waals surface area contributed by atoms with Gasteiger partial charge in [0.05, 0.1) is 12.8 Å². The molecular formula is C19H21N3O4. The highest BCUT2D eigenvalue weighted by atomic mass is 16.3. The lowest BCUT2D eigenvalue weighted by Gasteiger charge is -2.33. The van der Waals surface area contributed by atoms with Crippen LogP contribution in [0.15, 0.2) is 47.1 Å². The van der Waals surface area contributed by atoms with Crippen molar-refractivity contribution in [3.63, 3.8) is 0 Å². The molecule has 0 bridgehead atoms. The average molecular weight is 355 g/mol. The quantitative estimate of drug-likeness (QED) is 0.786. The maximum Gasteiger partial charge on any atom is 0.312 e. The fourth-order valence-corrected chi connectivity index (χ4v) is 2.84. The Hall–Kier alpha value is -3.09. The molecule has 1 aliphatic heterocycles. The number of hydrogen-bond acceptors (Lipinski definition) is 4. The third-order valence-electron chi connectivity index (χ3n) is 4.39. The van der Waals surface area contributed by atoms with Crippen molar-refractivity contribution in [3.8, 4) is 0 Å². The molecule has 3 rings (SSSR count). The molecule has 2 heterocycles. The van der Waals surface area contributed by atoms with Gasteiger partial charge in [-0.1, -0.05) is 24.3 Å². The Morgan fingerprint density at radius 3 is 2.54 bits per heavy atom. The molecule has 0 saturated carbocycles. The van der Waals surface area contributed by atoms with Crippen LogP contribution >= 0.6 is 0 Å². The first-order valence-corrected chi connectivity index (χ1v) is 8.46. The van der Waals surface area contributed by atoms with Crippen molar-refractivity contribution in [1.29, 1.82) is 0 Å². The maximum absolute atomic E-state index is 12.4. The smallest absolute Gasteiger partial charge is 0.312 e. The van der Waals surface area contributed by atoms with Crippen LogP contribution < -0.4 is 5.32 Å². The molecule has 0 spiro atoms. The fourth-order valence-electron chi connectivity index (χ4n) is 2.84. The Kier molecular flexibility index (Phi) is 5.36. The second-order valence-corrected chi connectivity index (χ2v) is 6.24. The molecule has 1 aromatic heterocycles. The summed E-state index contributed by atoms with van der Waals surface area (Å²) in [6, 6.07) is 11.2. The van der Waals surface area contributed by atoms with Crippen LogP contribution in [0.3, 0.4) is 0 Å². The van der Waals surface area contributed by atoms with Crippen molar-refractivity contribution in [3.05, 3.63) is 59.5 Å². The van der Waals surface area contributed by atoms with Crippen LogP contribution in [-0.4, -0.2) is 47.2 Å². The van der Waals surface area contributed by atoms with Crippen molar-refractivity contribution >= 4 is 17.7 Å². The molecule has 1 saturated heterocycles. The van der Waals surface area contributed by atoms with E-state index in [0.717, 1.165) is 11.1 Å². The molecular weight excluding hydrogens is 334 g/mol. The Balaban J connectivity index is 1.53. The summed E-state index contributed by atoms with van der Waals surface area (Å²) in [5, 5.41) is 2.67. The monoisotopic (exact) mass is 355 g/mol. The van der Waals surface area contributed by atoms with E-state index in [2.05, 4.69) is 5.32 Å². The van der Waals surface area contributed by atoms with E-state index in [1.54, 1.807) is 12.1 Å². The van der Waals surface area contributed by atoms with Gasteiger partial charge in [0.15, 0.2) is 0 Å². The first-order chi connectivity index (χ1) is 12.5. The zero-order valence-corrected chi connectivity index (χ0v) is 14.6. The minimum Gasteiger partial charge on any atom is -0.467 e. The Bertz CT molecular complexity index is 801. The van der Waals surface area contributed by atoms with Crippen LogP contribution in [0, 0.1) is 6.92 Å². The third-order valence-corrected chi connectivity index (χ3v) is 4.39. The van der Waals surface area contributed by atoms with Crippen molar-refractivity contribution in [2.75, 3.05) is 19.6 Å². The van der Waals surface area contributed by atoms with Crippen LogP contribution in [0.25, 0.3) is 0 Å². The Morgan fingerprint density at radius 1 is 1.08 bits per heavy atom. The fraction of sp³-hybridized carbons (Fsp3) is 0.316. The number of carbonyl (C=O) groups is 3. The van der Waals surface area contributed by atoms with Gasteiger partial charge in [-0.05, 0) is 30.2 Å². The number of amides is 3. The van der Waals surface area contributed by atoms with Gasteiger partial charge in [0.25, 0.3) is 0 Å². The second-order valence-electron chi connectivity index (χ2n) is 6.24. The largest absolute Gasteiger partial charge is 0.467 e. The first kappa shape index (κ1) is 17.7. The number of nitrogens with one attached hydrogen (secondary N) is 1. The molecule has 0 atom stereocenters.